The Bertz CT molecular complexity index is 465. The summed E-state index contributed by atoms with van der Waals surface area (Å²) in [4.78, 5) is 12.7. The minimum atomic E-state index is -0.575. The Morgan fingerprint density at radius 3 is 2.65 bits per heavy atom. The van der Waals surface area contributed by atoms with Crippen molar-refractivity contribution in [3.63, 3.8) is 0 Å². The zero-order valence-electron chi connectivity index (χ0n) is 12.0. The van der Waals surface area contributed by atoms with Gasteiger partial charge in [-0.1, -0.05) is 12.1 Å². The third-order valence-corrected chi connectivity index (χ3v) is 3.00. The molecule has 0 fully saturated rings. The van der Waals surface area contributed by atoms with E-state index in [9.17, 15) is 9.90 Å². The lowest BCUT2D eigenvalue weighted by Gasteiger charge is -2.20. The lowest BCUT2D eigenvalue weighted by atomic mass is 10.1. The molecule has 0 aromatic heterocycles. The second-order valence-electron chi connectivity index (χ2n) is 4.85. The molecule has 5 nitrogen and oxygen atoms in total. The first-order valence-corrected chi connectivity index (χ1v) is 6.64. The number of aliphatic hydroxyl groups is 1. The first-order valence-electron chi connectivity index (χ1n) is 6.64. The molecule has 0 aliphatic heterocycles. The van der Waals surface area contributed by atoms with Crippen LogP contribution < -0.4 is 5.32 Å². The average Bonchev–Trinajstić information content (AvgIpc) is 2.43. The Morgan fingerprint density at radius 2 is 2.10 bits per heavy atom. The fraction of sp³-hybridized carbons (Fsp3) is 0.467. The molecule has 20 heavy (non-hydrogen) atoms. The summed E-state index contributed by atoms with van der Waals surface area (Å²) in [5.74, 6) is -0.0229. The highest BCUT2D eigenvalue weighted by Crippen LogP contribution is 2.14. The van der Waals surface area contributed by atoms with Gasteiger partial charge in [0.1, 0.15) is 0 Å². The highest BCUT2D eigenvalue weighted by atomic mass is 16.3. The summed E-state index contributed by atoms with van der Waals surface area (Å²) < 4.78 is 0. The summed E-state index contributed by atoms with van der Waals surface area (Å²) >= 11 is 0. The molecule has 1 atom stereocenters. The maximum absolute atomic E-state index is 10.7. The van der Waals surface area contributed by atoms with Crippen molar-refractivity contribution in [2.75, 3.05) is 26.7 Å². The Morgan fingerprint density at radius 1 is 1.45 bits per heavy atom. The Hall–Kier alpha value is -1.90. The number of carbonyl (C=O) groups excluding carboxylic acids is 1. The molecule has 0 saturated carbocycles. The maximum atomic E-state index is 10.7. The molecule has 1 aromatic rings. The molecule has 0 aliphatic rings. The minimum absolute atomic E-state index is 0.0229. The van der Waals surface area contributed by atoms with Crippen LogP contribution in [-0.4, -0.2) is 42.6 Å². The van der Waals surface area contributed by atoms with Crippen molar-refractivity contribution in [2.45, 2.75) is 19.4 Å². The largest absolute Gasteiger partial charge is 0.387 e. The van der Waals surface area contributed by atoms with Gasteiger partial charge < -0.3 is 15.3 Å². The molecule has 1 amide bonds. The van der Waals surface area contributed by atoms with Gasteiger partial charge in [0.25, 0.3) is 0 Å². The van der Waals surface area contributed by atoms with Gasteiger partial charge >= 0.3 is 0 Å². The van der Waals surface area contributed by atoms with Crippen LogP contribution >= 0.6 is 0 Å². The lowest BCUT2D eigenvalue weighted by Crippen LogP contribution is -2.29. The molecule has 0 aliphatic carbocycles. The van der Waals surface area contributed by atoms with E-state index in [0.29, 0.717) is 18.7 Å². The molecule has 0 bridgehead atoms. The number of rotatable bonds is 7. The van der Waals surface area contributed by atoms with Crippen molar-refractivity contribution in [2.24, 2.45) is 0 Å². The fourth-order valence-corrected chi connectivity index (χ4v) is 1.89. The van der Waals surface area contributed by atoms with Crippen molar-refractivity contribution in [1.82, 2.24) is 10.2 Å². The number of likely N-dealkylation sites (N-methyl/N-ethyl adjacent to an activating group) is 1. The molecular formula is C15H21N3O2. The van der Waals surface area contributed by atoms with Gasteiger partial charge in [-0.2, -0.15) is 5.26 Å². The van der Waals surface area contributed by atoms with E-state index in [0.717, 1.165) is 18.5 Å². The number of carbonyl (C=O) groups is 1. The van der Waals surface area contributed by atoms with Crippen LogP contribution in [-0.2, 0) is 4.79 Å². The maximum Gasteiger partial charge on any atom is 0.216 e. The Kier molecular flexibility index (Phi) is 6.71. The molecule has 2 N–H and O–H groups in total. The van der Waals surface area contributed by atoms with Gasteiger partial charge in [0.05, 0.1) is 17.7 Å². The van der Waals surface area contributed by atoms with E-state index in [1.165, 1.54) is 6.92 Å². The first-order chi connectivity index (χ1) is 9.52. The zero-order chi connectivity index (χ0) is 15.0. The fourth-order valence-electron chi connectivity index (χ4n) is 1.89. The standard InChI is InChI=1S/C15H21N3O2/c1-12(19)17-8-3-9-18(2)11-15(20)14-6-4-13(10-16)5-7-14/h4-7,15,20H,3,8-9,11H2,1-2H3,(H,17,19). The predicted octanol–water partition coefficient (Wildman–Crippen LogP) is 1.05. The smallest absolute Gasteiger partial charge is 0.216 e. The summed E-state index contributed by atoms with van der Waals surface area (Å²) in [5, 5.41) is 21.6. The van der Waals surface area contributed by atoms with Crippen molar-refractivity contribution < 1.29 is 9.90 Å². The highest BCUT2D eigenvalue weighted by Gasteiger charge is 2.10. The number of benzene rings is 1. The van der Waals surface area contributed by atoms with Gasteiger partial charge in [-0.05, 0) is 37.7 Å². The van der Waals surface area contributed by atoms with Gasteiger partial charge in [-0.15, -0.1) is 0 Å². The molecule has 0 saturated heterocycles. The summed E-state index contributed by atoms with van der Waals surface area (Å²) in [6.07, 6.45) is 0.268. The minimum Gasteiger partial charge on any atom is -0.387 e. The van der Waals surface area contributed by atoms with Gasteiger partial charge in [0.2, 0.25) is 5.91 Å². The Balaban J connectivity index is 2.35. The van der Waals surface area contributed by atoms with Crippen LogP contribution in [0, 0.1) is 11.3 Å². The predicted molar refractivity (Wildman–Crippen MR) is 76.9 cm³/mol. The summed E-state index contributed by atoms with van der Waals surface area (Å²) in [6.45, 7) is 3.46. The van der Waals surface area contributed by atoms with Crippen molar-refractivity contribution in [3.8, 4) is 6.07 Å². The first kappa shape index (κ1) is 16.2. The van der Waals surface area contributed by atoms with Gasteiger partial charge in [-0.25, -0.2) is 0 Å². The molecule has 1 unspecified atom stereocenters. The quantitative estimate of drug-likeness (QED) is 0.729. The van der Waals surface area contributed by atoms with E-state index >= 15 is 0 Å². The number of nitrogens with one attached hydrogen (secondary N) is 1. The second-order valence-corrected chi connectivity index (χ2v) is 4.85. The lowest BCUT2D eigenvalue weighted by molar-refractivity contribution is -0.118. The number of hydrogen-bond donors (Lipinski definition) is 2. The monoisotopic (exact) mass is 275 g/mol. The molecule has 0 heterocycles. The molecule has 1 rings (SSSR count). The van der Waals surface area contributed by atoms with Gasteiger partial charge in [0.15, 0.2) is 0 Å². The van der Waals surface area contributed by atoms with E-state index in [1.54, 1.807) is 24.3 Å². The van der Waals surface area contributed by atoms with Gasteiger partial charge in [-0.3, -0.25) is 4.79 Å². The SMILES string of the molecule is CC(=O)NCCCN(C)CC(O)c1ccc(C#N)cc1. The van der Waals surface area contributed by atoms with E-state index < -0.39 is 6.10 Å². The zero-order valence-corrected chi connectivity index (χ0v) is 12.0. The van der Waals surface area contributed by atoms with Crippen molar-refractivity contribution in [3.05, 3.63) is 35.4 Å². The third-order valence-electron chi connectivity index (χ3n) is 3.00. The van der Waals surface area contributed by atoms with Crippen LogP contribution in [0.15, 0.2) is 24.3 Å². The van der Waals surface area contributed by atoms with Crippen LogP contribution in [0.3, 0.4) is 0 Å². The van der Waals surface area contributed by atoms with Gasteiger partial charge in [0, 0.05) is 20.0 Å². The summed E-state index contributed by atoms with van der Waals surface area (Å²) in [5.41, 5.74) is 1.39. The van der Waals surface area contributed by atoms with Crippen LogP contribution in [0.1, 0.15) is 30.6 Å². The van der Waals surface area contributed by atoms with Crippen molar-refractivity contribution in [1.29, 1.82) is 5.26 Å². The number of nitrogens with zero attached hydrogens (tertiary/aromatic N) is 2. The highest BCUT2D eigenvalue weighted by molar-refractivity contribution is 5.72. The second kappa shape index (κ2) is 8.31. The van der Waals surface area contributed by atoms with E-state index in [4.69, 9.17) is 5.26 Å². The normalized spacial score (nSPS) is 11.9. The van der Waals surface area contributed by atoms with Crippen LogP contribution in [0.4, 0.5) is 0 Å². The topological polar surface area (TPSA) is 76.4 Å². The van der Waals surface area contributed by atoms with E-state index in [2.05, 4.69) is 11.4 Å². The third kappa shape index (κ3) is 5.83. The van der Waals surface area contributed by atoms with Crippen molar-refractivity contribution >= 4 is 5.91 Å². The molecular weight excluding hydrogens is 254 g/mol. The molecule has 108 valence electrons. The van der Waals surface area contributed by atoms with Crippen LogP contribution in [0.5, 0.6) is 0 Å². The average molecular weight is 275 g/mol. The van der Waals surface area contributed by atoms with Crippen LogP contribution in [0.25, 0.3) is 0 Å². The summed E-state index contributed by atoms with van der Waals surface area (Å²) in [6, 6.07) is 9.00. The number of amides is 1. The molecule has 5 heteroatoms. The Labute approximate surface area is 119 Å². The van der Waals surface area contributed by atoms with E-state index in [-0.39, 0.29) is 5.91 Å². The molecule has 0 spiro atoms. The van der Waals surface area contributed by atoms with Crippen LogP contribution in [0.2, 0.25) is 0 Å². The number of hydrogen-bond acceptors (Lipinski definition) is 4. The molecule has 1 aromatic carbocycles. The summed E-state index contributed by atoms with van der Waals surface area (Å²) in [7, 11) is 1.93. The van der Waals surface area contributed by atoms with E-state index in [1.807, 2.05) is 11.9 Å². The number of nitriles is 1. The molecule has 0 radical (unpaired) electrons. The number of aliphatic hydroxyl groups excluding tert-OH is 1.